The van der Waals surface area contributed by atoms with Crippen molar-refractivity contribution in [3.8, 4) is 0 Å². The van der Waals surface area contributed by atoms with Crippen molar-refractivity contribution in [3.05, 3.63) is 29.1 Å². The molecule has 0 saturated carbocycles. The molecule has 0 spiro atoms. The average molecular weight is 264 g/mol. The van der Waals surface area contributed by atoms with Gasteiger partial charge < -0.3 is 10.8 Å². The summed E-state index contributed by atoms with van der Waals surface area (Å²) in [5.41, 5.74) is 7.98. The number of carboxylic acid groups (broad SMARTS) is 1. The van der Waals surface area contributed by atoms with Gasteiger partial charge in [0.1, 0.15) is 0 Å². The molecule has 0 saturated heterocycles. The lowest BCUT2D eigenvalue weighted by atomic mass is 9.80. The number of aryl methyl sites for hydroxylation is 1. The first-order valence-electron chi connectivity index (χ1n) is 6.74. The minimum absolute atomic E-state index is 0.0318. The summed E-state index contributed by atoms with van der Waals surface area (Å²) in [6, 6.07) is 2.03. The van der Waals surface area contributed by atoms with Crippen LogP contribution in [0.25, 0.3) is 0 Å². The van der Waals surface area contributed by atoms with E-state index in [-0.39, 0.29) is 17.2 Å². The molecular formula is C15H24N2O2. The zero-order valence-corrected chi connectivity index (χ0v) is 12.2. The molecule has 0 aliphatic rings. The molecule has 1 atom stereocenters. The maximum atomic E-state index is 11.1. The predicted octanol–water partition coefficient (Wildman–Crippen LogP) is 2.65. The number of hydrogen-bond acceptors (Lipinski definition) is 3. The Kier molecular flexibility index (Phi) is 5.06. The van der Waals surface area contributed by atoms with Crippen molar-refractivity contribution < 1.29 is 9.90 Å². The lowest BCUT2D eigenvalue weighted by molar-refractivity contribution is 0.0689. The van der Waals surface area contributed by atoms with E-state index in [9.17, 15) is 4.79 Å². The van der Waals surface area contributed by atoms with Crippen molar-refractivity contribution in [2.75, 3.05) is 0 Å². The lowest BCUT2D eigenvalue weighted by Crippen LogP contribution is -2.36. The van der Waals surface area contributed by atoms with E-state index in [1.807, 2.05) is 19.9 Å². The lowest BCUT2D eigenvalue weighted by Gasteiger charge is -2.29. The second kappa shape index (κ2) is 6.15. The van der Waals surface area contributed by atoms with Crippen LogP contribution < -0.4 is 5.73 Å². The first kappa shape index (κ1) is 15.6. The quantitative estimate of drug-likeness (QED) is 0.828. The van der Waals surface area contributed by atoms with Gasteiger partial charge in [0.15, 0.2) is 5.69 Å². The third kappa shape index (κ3) is 4.03. The maximum Gasteiger partial charge on any atom is 0.354 e. The van der Waals surface area contributed by atoms with Gasteiger partial charge in [-0.3, -0.25) is 0 Å². The highest BCUT2D eigenvalue weighted by molar-refractivity contribution is 5.87. The molecule has 106 valence electrons. The molecule has 19 heavy (non-hydrogen) atoms. The Labute approximate surface area is 115 Å². The Morgan fingerprint density at radius 3 is 2.63 bits per heavy atom. The van der Waals surface area contributed by atoms with E-state index in [2.05, 4.69) is 18.8 Å². The highest BCUT2D eigenvalue weighted by Crippen LogP contribution is 2.25. The van der Waals surface area contributed by atoms with Crippen molar-refractivity contribution >= 4 is 5.97 Å². The van der Waals surface area contributed by atoms with E-state index in [0.717, 1.165) is 30.4 Å². The minimum atomic E-state index is -0.957. The van der Waals surface area contributed by atoms with Crippen molar-refractivity contribution in [3.63, 3.8) is 0 Å². The summed E-state index contributed by atoms with van der Waals surface area (Å²) < 4.78 is 0. The number of carboxylic acids is 1. The number of rotatable bonds is 6. The number of hydrogen-bond donors (Lipinski definition) is 2. The van der Waals surface area contributed by atoms with Crippen LogP contribution in [0.1, 0.15) is 55.7 Å². The summed E-state index contributed by atoms with van der Waals surface area (Å²) >= 11 is 0. The van der Waals surface area contributed by atoms with Crippen LogP contribution in [0.4, 0.5) is 0 Å². The van der Waals surface area contributed by atoms with Gasteiger partial charge in [-0.15, -0.1) is 0 Å². The molecule has 1 aromatic rings. The van der Waals surface area contributed by atoms with Crippen molar-refractivity contribution in [2.24, 2.45) is 11.1 Å². The molecule has 0 aromatic carbocycles. The van der Waals surface area contributed by atoms with E-state index in [4.69, 9.17) is 10.8 Å². The molecule has 0 bridgehead atoms. The summed E-state index contributed by atoms with van der Waals surface area (Å²) in [5, 5.41) is 9.12. The second-order valence-electron chi connectivity index (χ2n) is 5.86. The Bertz CT molecular complexity index is 453. The van der Waals surface area contributed by atoms with E-state index < -0.39 is 5.97 Å². The van der Waals surface area contributed by atoms with Crippen LogP contribution in [0.3, 0.4) is 0 Å². The Hall–Kier alpha value is -1.42. The van der Waals surface area contributed by atoms with Gasteiger partial charge in [-0.1, -0.05) is 33.3 Å². The third-order valence-corrected chi connectivity index (χ3v) is 3.64. The summed E-state index contributed by atoms with van der Waals surface area (Å²) in [4.78, 5) is 15.2. The Morgan fingerprint density at radius 1 is 1.53 bits per heavy atom. The molecule has 4 heteroatoms. The van der Waals surface area contributed by atoms with Crippen LogP contribution in [0.5, 0.6) is 0 Å². The largest absolute Gasteiger partial charge is 0.477 e. The first-order chi connectivity index (χ1) is 8.77. The van der Waals surface area contributed by atoms with Gasteiger partial charge in [0.05, 0.1) is 0 Å². The molecule has 1 heterocycles. The fourth-order valence-corrected chi connectivity index (χ4v) is 2.00. The minimum Gasteiger partial charge on any atom is -0.477 e. The first-order valence-corrected chi connectivity index (χ1v) is 6.74. The van der Waals surface area contributed by atoms with E-state index >= 15 is 0 Å². The van der Waals surface area contributed by atoms with Crippen LogP contribution in [-0.2, 0) is 12.8 Å². The van der Waals surface area contributed by atoms with E-state index in [1.165, 1.54) is 0 Å². The zero-order valence-electron chi connectivity index (χ0n) is 12.2. The topological polar surface area (TPSA) is 76.2 Å². The average Bonchev–Trinajstić information content (AvgIpc) is 2.28. The van der Waals surface area contributed by atoms with Crippen LogP contribution in [-0.4, -0.2) is 22.1 Å². The van der Waals surface area contributed by atoms with Gasteiger partial charge in [0.2, 0.25) is 0 Å². The second-order valence-corrected chi connectivity index (χ2v) is 5.86. The molecule has 0 aliphatic carbocycles. The number of carbonyl (C=O) groups is 1. The molecule has 0 amide bonds. The molecule has 1 aromatic heterocycles. The highest BCUT2D eigenvalue weighted by atomic mass is 16.4. The van der Waals surface area contributed by atoms with Gasteiger partial charge in [0.25, 0.3) is 0 Å². The predicted molar refractivity (Wildman–Crippen MR) is 76.3 cm³/mol. The fourth-order valence-electron chi connectivity index (χ4n) is 2.00. The fraction of sp³-hybridized carbons (Fsp3) is 0.600. The van der Waals surface area contributed by atoms with Crippen LogP contribution in [0.15, 0.2) is 12.3 Å². The highest BCUT2D eigenvalue weighted by Gasteiger charge is 2.24. The molecule has 0 radical (unpaired) electrons. The maximum absolute atomic E-state index is 11.1. The number of nitrogens with two attached hydrogens (primary N) is 1. The monoisotopic (exact) mass is 264 g/mol. The Morgan fingerprint density at radius 2 is 2.16 bits per heavy atom. The van der Waals surface area contributed by atoms with Crippen LogP contribution in [0, 0.1) is 5.41 Å². The van der Waals surface area contributed by atoms with Crippen LogP contribution in [0.2, 0.25) is 0 Å². The van der Waals surface area contributed by atoms with Crippen molar-refractivity contribution in [1.82, 2.24) is 4.98 Å². The molecule has 1 rings (SSSR count). The number of aromatic carboxylic acids is 1. The molecule has 0 fully saturated rings. The van der Waals surface area contributed by atoms with Crippen molar-refractivity contribution in [2.45, 2.75) is 53.0 Å². The summed E-state index contributed by atoms with van der Waals surface area (Å²) in [7, 11) is 0. The van der Waals surface area contributed by atoms with Gasteiger partial charge in [-0.05, 0) is 36.3 Å². The third-order valence-electron chi connectivity index (χ3n) is 3.64. The number of aromatic nitrogens is 1. The standard InChI is InChI=1S/C15H24N2O2/c1-5-6-12-7-11(8-15(3,4)10(2)16)9-17-13(12)14(18)19/h7,9-10H,5-6,8,16H2,1-4H3,(H,18,19). The molecule has 4 nitrogen and oxygen atoms in total. The zero-order chi connectivity index (χ0) is 14.6. The van der Waals surface area contributed by atoms with Crippen LogP contribution >= 0.6 is 0 Å². The molecular weight excluding hydrogens is 240 g/mol. The summed E-state index contributed by atoms with van der Waals surface area (Å²) in [5.74, 6) is -0.957. The van der Waals surface area contributed by atoms with Gasteiger partial charge >= 0.3 is 5.97 Å². The normalized spacial score (nSPS) is 13.3. The van der Waals surface area contributed by atoms with Gasteiger partial charge in [-0.25, -0.2) is 9.78 Å². The SMILES string of the molecule is CCCc1cc(CC(C)(C)C(C)N)cnc1C(=O)O. The molecule has 0 aliphatic heterocycles. The number of pyridine rings is 1. The van der Waals surface area contributed by atoms with Crippen molar-refractivity contribution in [1.29, 1.82) is 0 Å². The van der Waals surface area contributed by atoms with Gasteiger partial charge in [0, 0.05) is 12.2 Å². The van der Waals surface area contributed by atoms with Gasteiger partial charge in [-0.2, -0.15) is 0 Å². The van der Waals surface area contributed by atoms with E-state index in [1.54, 1.807) is 6.20 Å². The Balaban J connectivity index is 3.05. The number of nitrogens with zero attached hydrogens (tertiary/aromatic N) is 1. The molecule has 3 N–H and O–H groups in total. The summed E-state index contributed by atoms with van der Waals surface area (Å²) in [6.45, 7) is 8.25. The summed E-state index contributed by atoms with van der Waals surface area (Å²) in [6.07, 6.45) is 4.10. The smallest absolute Gasteiger partial charge is 0.354 e. The van der Waals surface area contributed by atoms with E-state index in [0.29, 0.717) is 0 Å². The molecule has 1 unspecified atom stereocenters.